The highest BCUT2D eigenvalue weighted by molar-refractivity contribution is 8.72. The molecule has 0 spiro atoms. The number of nitrogens with zero attached hydrogens (tertiary/aromatic N) is 1. The van der Waals surface area contributed by atoms with Crippen molar-refractivity contribution in [3.8, 4) is 0 Å². The number of rotatable bonds is 4. The number of hydrogen-bond donors (Lipinski definition) is 1. The topological polar surface area (TPSA) is 74.7 Å². The van der Waals surface area contributed by atoms with Gasteiger partial charge in [-0.15, -0.1) is 0 Å². The van der Waals surface area contributed by atoms with Crippen LogP contribution in [0.15, 0.2) is 35.2 Å². The average Bonchev–Trinajstić information content (AvgIpc) is 2.27. The van der Waals surface area contributed by atoms with Crippen LogP contribution < -0.4 is 0 Å². The molecule has 1 saturated heterocycles. The highest BCUT2D eigenvalue weighted by Crippen LogP contribution is 2.28. The zero-order valence-electron chi connectivity index (χ0n) is 9.52. The molecular weight excluding hydrogens is 274 g/mol. The summed E-state index contributed by atoms with van der Waals surface area (Å²) in [4.78, 5) is 12.1. The molecule has 1 fully saturated rings. The van der Waals surface area contributed by atoms with Crippen LogP contribution in [0.1, 0.15) is 0 Å². The smallest absolute Gasteiger partial charge is 0.407 e. The summed E-state index contributed by atoms with van der Waals surface area (Å²) in [6.07, 6.45) is -0.942. The molecule has 1 heterocycles. The lowest BCUT2D eigenvalue weighted by Gasteiger charge is -2.36. The summed E-state index contributed by atoms with van der Waals surface area (Å²) in [6.45, 7) is 0.847. The van der Waals surface area contributed by atoms with Crippen molar-refractivity contribution in [2.45, 2.75) is 4.90 Å². The zero-order valence-corrected chi connectivity index (χ0v) is 11.2. The van der Waals surface area contributed by atoms with Crippen molar-refractivity contribution in [2.24, 2.45) is 5.92 Å². The van der Waals surface area contributed by atoms with Crippen molar-refractivity contribution >= 4 is 25.8 Å². The molecule has 18 heavy (non-hydrogen) atoms. The molecule has 5 nitrogen and oxygen atoms in total. The van der Waals surface area contributed by atoms with Crippen LogP contribution in [0.2, 0.25) is 0 Å². The van der Waals surface area contributed by atoms with Gasteiger partial charge in [0.25, 0.3) is 0 Å². The van der Waals surface area contributed by atoms with Gasteiger partial charge in [0.15, 0.2) is 0 Å². The molecule has 0 radical (unpaired) electrons. The third kappa shape index (κ3) is 2.97. The highest BCUT2D eigenvalue weighted by atomic mass is 33.1. The first-order chi connectivity index (χ1) is 8.49. The first-order valence-corrected chi connectivity index (χ1v) is 8.40. The molecule has 1 N–H and O–H groups in total. The van der Waals surface area contributed by atoms with Gasteiger partial charge in [0.2, 0.25) is 8.87 Å². The summed E-state index contributed by atoms with van der Waals surface area (Å²) in [5.74, 6) is 0.561. The van der Waals surface area contributed by atoms with Gasteiger partial charge in [-0.25, -0.2) is 13.2 Å². The summed E-state index contributed by atoms with van der Waals surface area (Å²) < 4.78 is 23.9. The van der Waals surface area contributed by atoms with Crippen molar-refractivity contribution in [1.82, 2.24) is 4.90 Å². The molecule has 0 aromatic heterocycles. The monoisotopic (exact) mass is 287 g/mol. The first-order valence-electron chi connectivity index (χ1n) is 5.41. The fraction of sp³-hybridized carbons (Fsp3) is 0.364. The van der Waals surface area contributed by atoms with Crippen LogP contribution >= 0.6 is 10.8 Å². The third-order valence-electron chi connectivity index (χ3n) is 2.72. The predicted molar refractivity (Wildman–Crippen MR) is 69.2 cm³/mol. The van der Waals surface area contributed by atoms with E-state index in [4.69, 9.17) is 5.11 Å². The van der Waals surface area contributed by atoms with Gasteiger partial charge in [-0.2, -0.15) is 0 Å². The van der Waals surface area contributed by atoms with Crippen molar-refractivity contribution in [3.63, 3.8) is 0 Å². The van der Waals surface area contributed by atoms with Crippen LogP contribution in [0, 0.1) is 5.92 Å². The summed E-state index contributed by atoms with van der Waals surface area (Å²) in [7, 11) is -2.44. The molecule has 0 saturated carbocycles. The van der Waals surface area contributed by atoms with E-state index in [1.165, 1.54) is 4.90 Å². The lowest BCUT2D eigenvalue weighted by Crippen LogP contribution is -2.50. The van der Waals surface area contributed by atoms with Gasteiger partial charge in [-0.05, 0) is 22.9 Å². The lowest BCUT2D eigenvalue weighted by molar-refractivity contribution is 0.0901. The molecule has 1 aromatic rings. The average molecular weight is 287 g/mol. The maximum Gasteiger partial charge on any atom is 0.407 e. The summed E-state index contributed by atoms with van der Waals surface area (Å²) in [5, 5.41) is 8.66. The molecule has 0 aliphatic carbocycles. The van der Waals surface area contributed by atoms with E-state index in [0.29, 0.717) is 23.7 Å². The number of carboxylic acid groups (broad SMARTS) is 1. The van der Waals surface area contributed by atoms with Gasteiger partial charge in [-0.1, -0.05) is 18.2 Å². The van der Waals surface area contributed by atoms with E-state index in [0.717, 1.165) is 10.8 Å². The largest absolute Gasteiger partial charge is 0.465 e. The Morgan fingerprint density at radius 3 is 2.50 bits per heavy atom. The van der Waals surface area contributed by atoms with Crippen LogP contribution in [0.4, 0.5) is 4.79 Å². The van der Waals surface area contributed by atoms with Crippen LogP contribution in [0.3, 0.4) is 0 Å². The van der Waals surface area contributed by atoms with Crippen LogP contribution in [-0.2, 0) is 8.87 Å². The molecule has 98 valence electrons. The van der Waals surface area contributed by atoms with Crippen molar-refractivity contribution in [2.75, 3.05) is 18.8 Å². The highest BCUT2D eigenvalue weighted by Gasteiger charge is 2.31. The van der Waals surface area contributed by atoms with E-state index < -0.39 is 15.0 Å². The summed E-state index contributed by atoms with van der Waals surface area (Å²) in [5.41, 5.74) is 0. The van der Waals surface area contributed by atoms with Crippen molar-refractivity contribution in [1.29, 1.82) is 0 Å². The Kier molecular flexibility index (Phi) is 3.82. The molecule has 1 amide bonds. The molecule has 1 aromatic carbocycles. The van der Waals surface area contributed by atoms with E-state index in [-0.39, 0.29) is 5.92 Å². The summed E-state index contributed by atoms with van der Waals surface area (Å²) in [6, 6.07) is 8.26. The first kappa shape index (κ1) is 13.2. The van der Waals surface area contributed by atoms with Crippen molar-refractivity contribution in [3.05, 3.63) is 30.3 Å². The van der Waals surface area contributed by atoms with E-state index in [1.54, 1.807) is 30.3 Å². The molecule has 0 unspecified atom stereocenters. The van der Waals surface area contributed by atoms with Gasteiger partial charge < -0.3 is 10.0 Å². The third-order valence-corrected chi connectivity index (χ3v) is 6.40. The molecule has 7 heteroatoms. The van der Waals surface area contributed by atoms with Gasteiger partial charge in [0.05, 0.1) is 4.90 Å². The Hall–Kier alpha value is -1.21. The number of carbonyl (C=O) groups is 1. The fourth-order valence-electron chi connectivity index (χ4n) is 1.67. The Balaban J connectivity index is 1.86. The summed E-state index contributed by atoms with van der Waals surface area (Å²) >= 11 is 0. The Morgan fingerprint density at radius 2 is 1.94 bits per heavy atom. The molecule has 1 aliphatic heterocycles. The molecule has 2 rings (SSSR count). The van der Waals surface area contributed by atoms with Crippen LogP contribution in [0.25, 0.3) is 0 Å². The fourth-order valence-corrected chi connectivity index (χ4v) is 4.74. The maximum atomic E-state index is 11.9. The Bertz CT molecular complexity index is 523. The van der Waals surface area contributed by atoms with E-state index in [2.05, 4.69) is 0 Å². The normalized spacial score (nSPS) is 16.3. The lowest BCUT2D eigenvalue weighted by atomic mass is 10.0. The van der Waals surface area contributed by atoms with Gasteiger partial charge in [-0.3, -0.25) is 0 Å². The van der Waals surface area contributed by atoms with Crippen LogP contribution in [-0.4, -0.2) is 43.4 Å². The molecule has 0 atom stereocenters. The zero-order chi connectivity index (χ0) is 13.2. The quantitative estimate of drug-likeness (QED) is 0.853. The minimum absolute atomic E-state index is 0.129. The van der Waals surface area contributed by atoms with E-state index in [9.17, 15) is 13.2 Å². The molecule has 0 bridgehead atoms. The Labute approximate surface area is 109 Å². The maximum absolute atomic E-state index is 11.9. The second kappa shape index (κ2) is 5.19. The SMILES string of the molecule is O=C(O)N1CC(CSS(=O)(=O)c2ccccc2)C1. The number of likely N-dealkylation sites (tertiary alicyclic amines) is 1. The second-order valence-corrected chi connectivity index (χ2v) is 8.08. The molecular formula is C11H13NO4S2. The second-order valence-electron chi connectivity index (χ2n) is 4.11. The predicted octanol–water partition coefficient (Wildman–Crippen LogP) is 1.72. The van der Waals surface area contributed by atoms with Gasteiger partial charge in [0.1, 0.15) is 0 Å². The van der Waals surface area contributed by atoms with E-state index in [1.807, 2.05) is 0 Å². The minimum atomic E-state index is -3.32. The van der Waals surface area contributed by atoms with Gasteiger partial charge in [0, 0.05) is 24.8 Å². The molecule has 1 aliphatic rings. The van der Waals surface area contributed by atoms with Gasteiger partial charge >= 0.3 is 6.09 Å². The number of hydrogen-bond acceptors (Lipinski definition) is 4. The van der Waals surface area contributed by atoms with E-state index >= 15 is 0 Å². The number of benzene rings is 1. The standard InChI is InChI=1S/C11H13NO4S2/c13-11(14)12-6-9(7-12)8-17-18(15,16)10-4-2-1-3-5-10/h1-5,9H,6-8H2,(H,13,14). The number of amides is 1. The minimum Gasteiger partial charge on any atom is -0.465 e. The van der Waals surface area contributed by atoms with Crippen LogP contribution in [0.5, 0.6) is 0 Å². The van der Waals surface area contributed by atoms with Crippen molar-refractivity contribution < 1.29 is 18.3 Å². The Morgan fingerprint density at radius 1 is 1.33 bits per heavy atom.